The number of rotatable bonds is 7. The first-order valence-corrected chi connectivity index (χ1v) is 11.2. The van der Waals surface area contributed by atoms with Crippen LogP contribution in [0.1, 0.15) is 18.1 Å². The Balaban J connectivity index is 0.000000481. The Morgan fingerprint density at radius 1 is 0.941 bits per heavy atom. The van der Waals surface area contributed by atoms with Gasteiger partial charge in [-0.15, -0.1) is 0 Å². The van der Waals surface area contributed by atoms with Gasteiger partial charge in [0.1, 0.15) is 0 Å². The molecule has 2 heterocycles. The third-order valence-corrected chi connectivity index (χ3v) is 5.65. The standard InChI is InChI=1S/C23H29N3O2.C2H2O4/c1-3-28-23-14-18(8-9-22(23)27-2)16-25-10-12-26(13-11-25)17-19-15-24-21-7-5-4-6-20(19)21;3-1(4)2(5)6/h4-9,14-15,24H,3,10-13,16-17H2,1-2H3;(H,3,4)(H,5,6). The molecule has 1 aromatic heterocycles. The van der Waals surface area contributed by atoms with Gasteiger partial charge in [0.25, 0.3) is 0 Å². The van der Waals surface area contributed by atoms with Gasteiger partial charge in [-0.3, -0.25) is 9.80 Å². The summed E-state index contributed by atoms with van der Waals surface area (Å²) < 4.78 is 11.1. The number of carboxylic acids is 2. The number of H-pyrrole nitrogens is 1. The second kappa shape index (κ2) is 12.1. The smallest absolute Gasteiger partial charge is 0.414 e. The Hall–Kier alpha value is -3.56. The fourth-order valence-electron chi connectivity index (χ4n) is 3.95. The van der Waals surface area contributed by atoms with E-state index in [9.17, 15) is 0 Å². The molecule has 0 amide bonds. The summed E-state index contributed by atoms with van der Waals surface area (Å²) in [5, 5.41) is 16.1. The Morgan fingerprint density at radius 3 is 2.21 bits per heavy atom. The number of ether oxygens (including phenoxy) is 2. The highest BCUT2D eigenvalue weighted by Gasteiger charge is 2.19. The molecule has 0 radical (unpaired) electrons. The fraction of sp³-hybridized carbons (Fsp3) is 0.360. The lowest BCUT2D eigenvalue weighted by molar-refractivity contribution is -0.159. The molecule has 0 unspecified atom stereocenters. The number of para-hydroxylation sites is 1. The van der Waals surface area contributed by atoms with Crippen LogP contribution in [0.3, 0.4) is 0 Å². The van der Waals surface area contributed by atoms with E-state index in [1.54, 1.807) is 7.11 Å². The molecule has 34 heavy (non-hydrogen) atoms. The van der Waals surface area contributed by atoms with Crippen molar-refractivity contribution >= 4 is 22.8 Å². The van der Waals surface area contributed by atoms with E-state index in [1.807, 2.05) is 13.0 Å². The van der Waals surface area contributed by atoms with Crippen molar-refractivity contribution in [1.82, 2.24) is 14.8 Å². The number of nitrogens with zero attached hydrogens (tertiary/aromatic N) is 2. The van der Waals surface area contributed by atoms with E-state index in [4.69, 9.17) is 29.3 Å². The van der Waals surface area contributed by atoms with Gasteiger partial charge < -0.3 is 24.7 Å². The summed E-state index contributed by atoms with van der Waals surface area (Å²) in [6.45, 7) is 8.95. The van der Waals surface area contributed by atoms with Crippen LogP contribution in [0.5, 0.6) is 11.5 Å². The topological polar surface area (TPSA) is 115 Å². The van der Waals surface area contributed by atoms with Gasteiger partial charge in [0.2, 0.25) is 0 Å². The number of aromatic nitrogens is 1. The number of carboxylic acid groups (broad SMARTS) is 2. The lowest BCUT2D eigenvalue weighted by atomic mass is 10.1. The number of benzene rings is 2. The first kappa shape index (κ1) is 25.1. The number of hydrogen-bond donors (Lipinski definition) is 3. The molecule has 2 aromatic carbocycles. The second-order valence-electron chi connectivity index (χ2n) is 7.94. The lowest BCUT2D eigenvalue weighted by Crippen LogP contribution is -2.45. The number of carbonyl (C=O) groups is 2. The molecule has 0 atom stereocenters. The SMILES string of the molecule is CCOc1cc(CN2CCN(Cc3c[nH]c4ccccc34)CC2)ccc1OC.O=C(O)C(=O)O. The van der Waals surface area contributed by atoms with Crippen molar-refractivity contribution in [3.8, 4) is 11.5 Å². The van der Waals surface area contributed by atoms with Crippen LogP contribution < -0.4 is 9.47 Å². The van der Waals surface area contributed by atoms with Crippen LogP contribution in [0.15, 0.2) is 48.7 Å². The third kappa shape index (κ3) is 6.72. The highest BCUT2D eigenvalue weighted by Crippen LogP contribution is 2.29. The van der Waals surface area contributed by atoms with E-state index in [0.29, 0.717) is 6.61 Å². The predicted molar refractivity (Wildman–Crippen MR) is 128 cm³/mol. The van der Waals surface area contributed by atoms with E-state index in [1.165, 1.54) is 22.0 Å². The molecule has 3 aromatic rings. The lowest BCUT2D eigenvalue weighted by Gasteiger charge is -2.34. The Bertz CT molecular complexity index is 1090. The first-order chi connectivity index (χ1) is 16.4. The molecule has 1 aliphatic heterocycles. The van der Waals surface area contributed by atoms with E-state index in [-0.39, 0.29) is 0 Å². The minimum atomic E-state index is -1.82. The van der Waals surface area contributed by atoms with Crippen molar-refractivity contribution in [3.63, 3.8) is 0 Å². The van der Waals surface area contributed by atoms with Gasteiger partial charge in [0.15, 0.2) is 11.5 Å². The van der Waals surface area contributed by atoms with Crippen molar-refractivity contribution < 1.29 is 29.3 Å². The van der Waals surface area contributed by atoms with Crippen LogP contribution in [0.25, 0.3) is 10.9 Å². The van der Waals surface area contributed by atoms with E-state index in [2.05, 4.69) is 57.4 Å². The third-order valence-electron chi connectivity index (χ3n) is 5.65. The van der Waals surface area contributed by atoms with Crippen LogP contribution in [0.4, 0.5) is 0 Å². The second-order valence-corrected chi connectivity index (χ2v) is 7.94. The van der Waals surface area contributed by atoms with Crippen LogP contribution in [-0.4, -0.2) is 76.8 Å². The highest BCUT2D eigenvalue weighted by atomic mass is 16.5. The van der Waals surface area contributed by atoms with Gasteiger partial charge in [-0.1, -0.05) is 24.3 Å². The van der Waals surface area contributed by atoms with Crippen molar-refractivity contribution in [3.05, 3.63) is 59.8 Å². The average molecular weight is 470 g/mol. The maximum atomic E-state index is 9.10. The summed E-state index contributed by atoms with van der Waals surface area (Å²) in [7, 11) is 1.68. The summed E-state index contributed by atoms with van der Waals surface area (Å²) in [4.78, 5) is 26.6. The molecule has 0 aliphatic carbocycles. The van der Waals surface area contributed by atoms with Crippen molar-refractivity contribution in [1.29, 1.82) is 0 Å². The molecule has 9 heteroatoms. The molecule has 182 valence electrons. The summed E-state index contributed by atoms with van der Waals surface area (Å²) in [6.07, 6.45) is 2.16. The molecule has 1 aliphatic rings. The highest BCUT2D eigenvalue weighted by molar-refractivity contribution is 6.27. The van der Waals surface area contributed by atoms with Crippen molar-refractivity contribution in [2.45, 2.75) is 20.0 Å². The molecule has 0 bridgehead atoms. The molecule has 3 N–H and O–H groups in total. The number of aliphatic carboxylic acids is 2. The zero-order chi connectivity index (χ0) is 24.5. The van der Waals surface area contributed by atoms with E-state index in [0.717, 1.165) is 50.8 Å². The maximum absolute atomic E-state index is 9.10. The van der Waals surface area contributed by atoms with Crippen LogP contribution in [-0.2, 0) is 22.7 Å². The Morgan fingerprint density at radius 2 is 1.59 bits per heavy atom. The van der Waals surface area contributed by atoms with Gasteiger partial charge in [-0.05, 0) is 36.2 Å². The summed E-state index contributed by atoms with van der Waals surface area (Å²) >= 11 is 0. The normalized spacial score (nSPS) is 14.3. The average Bonchev–Trinajstić information content (AvgIpc) is 3.24. The number of methoxy groups -OCH3 is 1. The zero-order valence-corrected chi connectivity index (χ0v) is 19.5. The Kier molecular flexibility index (Phi) is 8.89. The minimum Gasteiger partial charge on any atom is -0.493 e. The summed E-state index contributed by atoms with van der Waals surface area (Å²) in [5.74, 6) is -2.01. The van der Waals surface area contributed by atoms with Gasteiger partial charge in [0, 0.05) is 56.4 Å². The molecule has 1 fully saturated rings. The van der Waals surface area contributed by atoms with Crippen LogP contribution in [0, 0.1) is 0 Å². The quantitative estimate of drug-likeness (QED) is 0.452. The molecular weight excluding hydrogens is 438 g/mol. The van der Waals surface area contributed by atoms with Crippen molar-refractivity contribution in [2.24, 2.45) is 0 Å². The minimum absolute atomic E-state index is 0.645. The van der Waals surface area contributed by atoms with E-state index >= 15 is 0 Å². The molecule has 0 spiro atoms. The van der Waals surface area contributed by atoms with E-state index < -0.39 is 11.9 Å². The first-order valence-electron chi connectivity index (χ1n) is 11.2. The monoisotopic (exact) mass is 469 g/mol. The Labute approximate surface area is 198 Å². The molecular formula is C25H31N3O6. The number of nitrogens with one attached hydrogen (secondary N) is 1. The maximum Gasteiger partial charge on any atom is 0.414 e. The number of aromatic amines is 1. The number of hydrogen-bond acceptors (Lipinski definition) is 6. The van der Waals surface area contributed by atoms with Crippen LogP contribution >= 0.6 is 0 Å². The molecule has 9 nitrogen and oxygen atoms in total. The summed E-state index contributed by atoms with van der Waals surface area (Å²) in [6, 6.07) is 14.8. The van der Waals surface area contributed by atoms with Gasteiger partial charge in [-0.25, -0.2) is 9.59 Å². The number of fused-ring (bicyclic) bond motifs is 1. The zero-order valence-electron chi connectivity index (χ0n) is 19.5. The summed E-state index contributed by atoms with van der Waals surface area (Å²) in [5.41, 5.74) is 3.88. The van der Waals surface area contributed by atoms with Gasteiger partial charge in [0.05, 0.1) is 13.7 Å². The predicted octanol–water partition coefficient (Wildman–Crippen LogP) is 3.05. The molecule has 4 rings (SSSR count). The fourth-order valence-corrected chi connectivity index (χ4v) is 3.95. The van der Waals surface area contributed by atoms with Crippen LogP contribution in [0.2, 0.25) is 0 Å². The van der Waals surface area contributed by atoms with Gasteiger partial charge in [-0.2, -0.15) is 0 Å². The van der Waals surface area contributed by atoms with Gasteiger partial charge >= 0.3 is 11.9 Å². The number of piperazine rings is 1. The largest absolute Gasteiger partial charge is 0.493 e. The molecule has 1 saturated heterocycles. The van der Waals surface area contributed by atoms with Crippen molar-refractivity contribution in [2.75, 3.05) is 39.9 Å². The molecule has 0 saturated carbocycles.